The molecule has 0 aromatic carbocycles. The lowest BCUT2D eigenvalue weighted by Crippen LogP contribution is -2.09. The van der Waals surface area contributed by atoms with Crippen molar-refractivity contribution in [3.05, 3.63) is 28.6 Å². The summed E-state index contributed by atoms with van der Waals surface area (Å²) in [7, 11) is 0. The van der Waals surface area contributed by atoms with Gasteiger partial charge in [-0.2, -0.15) is 0 Å². The highest BCUT2D eigenvalue weighted by Gasteiger charge is 2.20. The molecule has 3 heterocycles. The molecule has 7 heteroatoms. The van der Waals surface area contributed by atoms with Gasteiger partial charge in [-0.15, -0.1) is 11.3 Å². The van der Waals surface area contributed by atoms with Gasteiger partial charge in [0.15, 0.2) is 5.76 Å². The predicted octanol–water partition coefficient (Wildman–Crippen LogP) is 2.78. The van der Waals surface area contributed by atoms with Crippen LogP contribution in [-0.2, 0) is 0 Å². The number of thiocarbonyl (C=S) groups is 1. The molecule has 0 aliphatic rings. The first kappa shape index (κ1) is 13.0. The molecule has 3 aromatic rings. The number of aryl methyl sites for hydroxylation is 2. The van der Waals surface area contributed by atoms with Crippen LogP contribution in [0.2, 0.25) is 0 Å². The number of nitrogens with zero attached hydrogens (tertiary/aromatic N) is 2. The van der Waals surface area contributed by atoms with E-state index in [9.17, 15) is 0 Å². The largest absolute Gasteiger partial charge is 0.460 e. The van der Waals surface area contributed by atoms with Gasteiger partial charge in [0, 0.05) is 0 Å². The van der Waals surface area contributed by atoms with Crippen molar-refractivity contribution in [1.29, 1.82) is 0 Å². The summed E-state index contributed by atoms with van der Waals surface area (Å²) in [6.07, 6.45) is 0. The Hall–Kier alpha value is -1.99. The van der Waals surface area contributed by atoms with Crippen molar-refractivity contribution < 1.29 is 4.42 Å². The van der Waals surface area contributed by atoms with E-state index in [1.165, 1.54) is 11.3 Å². The summed E-state index contributed by atoms with van der Waals surface area (Å²) >= 11 is 6.40. The Bertz CT molecular complexity index is 834. The molecule has 0 amide bonds. The lowest BCUT2D eigenvalue weighted by Gasteiger charge is -2.02. The molecular formula is C13H12N4OS2. The van der Waals surface area contributed by atoms with Crippen LogP contribution < -0.4 is 11.5 Å². The standard InChI is InChI=1S/C13H12N4OS2/c1-5-3-4-7(18-5)10-8-9(14)11(12(15)19)20-13(8)17-6(2)16-10/h3-4H,14H2,1-2H3,(H2,15,19). The Morgan fingerprint density at radius 2 is 2.05 bits per heavy atom. The molecule has 102 valence electrons. The Balaban J connectivity index is 2.39. The van der Waals surface area contributed by atoms with Crippen LogP contribution in [0.5, 0.6) is 0 Å². The van der Waals surface area contributed by atoms with Gasteiger partial charge in [0.25, 0.3) is 0 Å². The van der Waals surface area contributed by atoms with E-state index in [4.69, 9.17) is 28.1 Å². The number of nitrogen functional groups attached to an aromatic ring is 1. The molecule has 0 aliphatic carbocycles. The highest BCUT2D eigenvalue weighted by molar-refractivity contribution is 7.81. The van der Waals surface area contributed by atoms with Gasteiger partial charge in [-0.05, 0) is 26.0 Å². The van der Waals surface area contributed by atoms with E-state index < -0.39 is 0 Å². The van der Waals surface area contributed by atoms with Crippen LogP contribution in [0, 0.1) is 13.8 Å². The van der Waals surface area contributed by atoms with E-state index in [-0.39, 0.29) is 4.99 Å². The SMILES string of the molecule is Cc1nc(-c2ccc(C)o2)c2c(N)c(C(N)=S)sc2n1. The average Bonchev–Trinajstić information content (AvgIpc) is 2.93. The molecule has 0 saturated heterocycles. The fourth-order valence-corrected chi connectivity index (χ4v) is 3.28. The zero-order valence-electron chi connectivity index (χ0n) is 10.9. The van der Waals surface area contributed by atoms with Gasteiger partial charge >= 0.3 is 0 Å². The molecule has 0 radical (unpaired) electrons. The zero-order valence-corrected chi connectivity index (χ0v) is 12.6. The minimum absolute atomic E-state index is 0.268. The maximum absolute atomic E-state index is 6.16. The molecule has 5 nitrogen and oxygen atoms in total. The van der Waals surface area contributed by atoms with Gasteiger partial charge in [0.2, 0.25) is 0 Å². The fraction of sp³-hybridized carbons (Fsp3) is 0.154. The lowest BCUT2D eigenvalue weighted by molar-refractivity contribution is 0.547. The molecule has 20 heavy (non-hydrogen) atoms. The van der Waals surface area contributed by atoms with Gasteiger partial charge < -0.3 is 15.9 Å². The lowest BCUT2D eigenvalue weighted by atomic mass is 10.2. The molecule has 0 spiro atoms. The second-order valence-electron chi connectivity index (χ2n) is 4.42. The Kier molecular flexibility index (Phi) is 2.95. The Labute approximate surface area is 124 Å². The predicted molar refractivity (Wildman–Crippen MR) is 84.9 cm³/mol. The van der Waals surface area contributed by atoms with Gasteiger partial charge in [0.1, 0.15) is 27.1 Å². The average molecular weight is 304 g/mol. The van der Waals surface area contributed by atoms with Gasteiger partial charge in [0.05, 0.1) is 16.0 Å². The normalized spacial score (nSPS) is 11.1. The van der Waals surface area contributed by atoms with Crippen LogP contribution in [0.15, 0.2) is 16.5 Å². The monoisotopic (exact) mass is 304 g/mol. The zero-order chi connectivity index (χ0) is 14.4. The molecule has 0 fully saturated rings. The van der Waals surface area contributed by atoms with Crippen molar-refractivity contribution in [2.45, 2.75) is 13.8 Å². The van der Waals surface area contributed by atoms with Crippen LogP contribution in [-0.4, -0.2) is 15.0 Å². The van der Waals surface area contributed by atoms with E-state index in [0.717, 1.165) is 16.0 Å². The van der Waals surface area contributed by atoms with Crippen molar-refractivity contribution >= 4 is 44.4 Å². The number of nitrogens with two attached hydrogens (primary N) is 2. The first-order valence-corrected chi connectivity index (χ1v) is 7.13. The Morgan fingerprint density at radius 3 is 2.65 bits per heavy atom. The number of rotatable bonds is 2. The minimum Gasteiger partial charge on any atom is -0.460 e. The highest BCUT2D eigenvalue weighted by Crippen LogP contribution is 2.38. The van der Waals surface area contributed by atoms with Crippen molar-refractivity contribution in [2.24, 2.45) is 5.73 Å². The number of hydrogen-bond acceptors (Lipinski definition) is 6. The van der Waals surface area contributed by atoms with Crippen LogP contribution in [0.25, 0.3) is 21.7 Å². The summed E-state index contributed by atoms with van der Waals surface area (Å²) in [6, 6.07) is 3.75. The number of anilines is 1. The van der Waals surface area contributed by atoms with Gasteiger partial charge in [-0.25, -0.2) is 9.97 Å². The summed E-state index contributed by atoms with van der Waals surface area (Å²) in [4.78, 5) is 10.6. The number of fused-ring (bicyclic) bond motifs is 1. The van der Waals surface area contributed by atoms with E-state index >= 15 is 0 Å². The number of furan rings is 1. The molecule has 0 unspecified atom stereocenters. The molecule has 0 saturated carbocycles. The topological polar surface area (TPSA) is 91.0 Å². The molecule has 3 rings (SSSR count). The smallest absolute Gasteiger partial charge is 0.153 e. The summed E-state index contributed by atoms with van der Waals surface area (Å²) in [6.45, 7) is 3.71. The second kappa shape index (κ2) is 4.53. The Morgan fingerprint density at radius 1 is 1.30 bits per heavy atom. The molecule has 0 bridgehead atoms. The highest BCUT2D eigenvalue weighted by atomic mass is 32.1. The summed E-state index contributed by atoms with van der Waals surface area (Å²) in [5.41, 5.74) is 13.0. The summed E-state index contributed by atoms with van der Waals surface area (Å²) < 4.78 is 5.65. The maximum atomic E-state index is 6.16. The quantitative estimate of drug-likeness (QED) is 0.707. The number of hydrogen-bond donors (Lipinski definition) is 2. The second-order valence-corrected chi connectivity index (χ2v) is 5.86. The van der Waals surface area contributed by atoms with Crippen molar-refractivity contribution in [2.75, 3.05) is 5.73 Å². The van der Waals surface area contributed by atoms with Crippen LogP contribution in [0.1, 0.15) is 16.5 Å². The van der Waals surface area contributed by atoms with Gasteiger partial charge in [-0.3, -0.25) is 0 Å². The third kappa shape index (κ3) is 1.95. The fourth-order valence-electron chi connectivity index (χ4n) is 2.05. The third-order valence-electron chi connectivity index (χ3n) is 2.90. The van der Waals surface area contributed by atoms with Gasteiger partial charge in [-0.1, -0.05) is 12.2 Å². The molecular weight excluding hydrogens is 292 g/mol. The van der Waals surface area contributed by atoms with Crippen LogP contribution >= 0.6 is 23.6 Å². The molecule has 0 atom stereocenters. The minimum atomic E-state index is 0.268. The van der Waals surface area contributed by atoms with Crippen molar-refractivity contribution in [3.63, 3.8) is 0 Å². The third-order valence-corrected chi connectivity index (χ3v) is 4.36. The van der Waals surface area contributed by atoms with E-state index in [0.29, 0.717) is 27.8 Å². The molecule has 3 aromatic heterocycles. The van der Waals surface area contributed by atoms with Crippen molar-refractivity contribution in [3.8, 4) is 11.5 Å². The summed E-state index contributed by atoms with van der Waals surface area (Å²) in [5.74, 6) is 2.13. The van der Waals surface area contributed by atoms with E-state index in [1.807, 2.05) is 26.0 Å². The molecule has 0 aliphatic heterocycles. The van der Waals surface area contributed by atoms with E-state index in [2.05, 4.69) is 9.97 Å². The molecule has 4 N–H and O–H groups in total. The number of thiophene rings is 1. The van der Waals surface area contributed by atoms with Crippen LogP contribution in [0.3, 0.4) is 0 Å². The first-order chi connectivity index (χ1) is 9.47. The van der Waals surface area contributed by atoms with Crippen molar-refractivity contribution in [1.82, 2.24) is 9.97 Å². The summed E-state index contributed by atoms with van der Waals surface area (Å²) in [5, 5.41) is 0.748. The number of aromatic nitrogens is 2. The maximum Gasteiger partial charge on any atom is 0.153 e. The van der Waals surface area contributed by atoms with Crippen LogP contribution in [0.4, 0.5) is 5.69 Å². The van der Waals surface area contributed by atoms with E-state index in [1.54, 1.807) is 0 Å². The first-order valence-electron chi connectivity index (χ1n) is 5.90.